The lowest BCUT2D eigenvalue weighted by atomic mass is 9.96. The van der Waals surface area contributed by atoms with Crippen LogP contribution < -0.4 is 0 Å². The standard InChI is InChI=1S/C14H13Br.C2H4O2/c1-10-8-9-13(15)11(2)14(10)12-6-4-3-5-7-12;1-2(3)4/h3-9H,1-2H3;1H3,(H,3,4). The molecule has 0 aliphatic carbocycles. The number of carboxylic acid groups (broad SMARTS) is 1. The number of carbonyl (C=O) groups is 1. The van der Waals surface area contributed by atoms with Crippen molar-refractivity contribution in [2.24, 2.45) is 0 Å². The van der Waals surface area contributed by atoms with E-state index in [0.717, 1.165) is 6.92 Å². The fourth-order valence-corrected chi connectivity index (χ4v) is 2.20. The molecule has 3 heteroatoms. The maximum absolute atomic E-state index is 9.00. The zero-order valence-electron chi connectivity index (χ0n) is 11.3. The summed E-state index contributed by atoms with van der Waals surface area (Å²) < 4.78 is 1.17. The molecule has 0 radical (unpaired) electrons. The first-order valence-corrected chi connectivity index (χ1v) is 6.73. The van der Waals surface area contributed by atoms with Gasteiger partial charge in [-0.15, -0.1) is 0 Å². The first-order valence-electron chi connectivity index (χ1n) is 5.94. The molecule has 0 saturated carbocycles. The lowest BCUT2D eigenvalue weighted by Crippen LogP contribution is -1.88. The highest BCUT2D eigenvalue weighted by Gasteiger charge is 2.07. The van der Waals surface area contributed by atoms with Crippen LogP contribution in [0.2, 0.25) is 0 Å². The van der Waals surface area contributed by atoms with Gasteiger partial charge < -0.3 is 5.11 Å². The Balaban J connectivity index is 0.000000399. The number of rotatable bonds is 1. The van der Waals surface area contributed by atoms with E-state index in [4.69, 9.17) is 9.90 Å². The Kier molecular flexibility index (Phi) is 5.77. The SMILES string of the molecule is CC(=O)O.Cc1ccc(Br)c(C)c1-c1ccccc1. The molecule has 0 heterocycles. The summed E-state index contributed by atoms with van der Waals surface area (Å²) in [7, 11) is 0. The van der Waals surface area contributed by atoms with Gasteiger partial charge in [0.25, 0.3) is 5.97 Å². The molecule has 2 rings (SSSR count). The van der Waals surface area contributed by atoms with Crippen LogP contribution in [0.1, 0.15) is 18.1 Å². The van der Waals surface area contributed by atoms with Crippen molar-refractivity contribution in [2.75, 3.05) is 0 Å². The van der Waals surface area contributed by atoms with Crippen molar-refractivity contribution in [3.8, 4) is 11.1 Å². The van der Waals surface area contributed by atoms with Gasteiger partial charge in [-0.1, -0.05) is 52.3 Å². The fraction of sp³-hybridized carbons (Fsp3) is 0.188. The minimum Gasteiger partial charge on any atom is -0.481 e. The van der Waals surface area contributed by atoms with E-state index in [0.29, 0.717) is 0 Å². The van der Waals surface area contributed by atoms with Crippen molar-refractivity contribution < 1.29 is 9.90 Å². The summed E-state index contributed by atoms with van der Waals surface area (Å²) in [6, 6.07) is 14.8. The molecule has 0 fully saturated rings. The maximum atomic E-state index is 9.00. The van der Waals surface area contributed by atoms with Gasteiger partial charge >= 0.3 is 0 Å². The van der Waals surface area contributed by atoms with Crippen LogP contribution in [0.5, 0.6) is 0 Å². The number of hydrogen-bond acceptors (Lipinski definition) is 1. The first kappa shape index (κ1) is 15.4. The fourth-order valence-electron chi connectivity index (χ4n) is 1.87. The van der Waals surface area contributed by atoms with Gasteiger partial charge in [0.15, 0.2) is 0 Å². The van der Waals surface area contributed by atoms with Gasteiger partial charge in [-0.2, -0.15) is 0 Å². The highest BCUT2D eigenvalue weighted by Crippen LogP contribution is 2.31. The van der Waals surface area contributed by atoms with E-state index in [1.807, 2.05) is 6.07 Å². The van der Waals surface area contributed by atoms with Gasteiger partial charge in [-0.05, 0) is 42.2 Å². The molecule has 1 N–H and O–H groups in total. The van der Waals surface area contributed by atoms with E-state index in [2.05, 4.69) is 66.2 Å². The normalized spacial score (nSPS) is 9.47. The Morgan fingerprint density at radius 2 is 1.58 bits per heavy atom. The van der Waals surface area contributed by atoms with Crippen molar-refractivity contribution in [1.82, 2.24) is 0 Å². The third-order valence-electron chi connectivity index (χ3n) is 2.67. The molecular weight excluding hydrogens is 304 g/mol. The molecule has 0 aromatic heterocycles. The average Bonchev–Trinajstić information content (AvgIpc) is 2.35. The maximum Gasteiger partial charge on any atom is 0.300 e. The summed E-state index contributed by atoms with van der Waals surface area (Å²) in [5.74, 6) is -0.833. The number of benzene rings is 2. The predicted octanol–water partition coefficient (Wildman–Crippen LogP) is 4.82. The van der Waals surface area contributed by atoms with Gasteiger partial charge in [-0.3, -0.25) is 4.79 Å². The molecule has 0 amide bonds. The minimum atomic E-state index is -0.833. The van der Waals surface area contributed by atoms with Crippen LogP contribution >= 0.6 is 15.9 Å². The second-order valence-corrected chi connectivity index (χ2v) is 5.10. The monoisotopic (exact) mass is 320 g/mol. The molecule has 19 heavy (non-hydrogen) atoms. The summed E-state index contributed by atoms with van der Waals surface area (Å²) >= 11 is 3.58. The number of halogens is 1. The lowest BCUT2D eigenvalue weighted by Gasteiger charge is -2.11. The van der Waals surface area contributed by atoms with Crippen molar-refractivity contribution in [3.05, 3.63) is 58.1 Å². The summed E-state index contributed by atoms with van der Waals surface area (Å²) in [6.45, 7) is 5.39. The van der Waals surface area contributed by atoms with E-state index < -0.39 is 5.97 Å². The Morgan fingerprint density at radius 1 is 1.05 bits per heavy atom. The van der Waals surface area contributed by atoms with Crippen molar-refractivity contribution in [3.63, 3.8) is 0 Å². The molecule has 0 bridgehead atoms. The van der Waals surface area contributed by atoms with Gasteiger partial charge in [0.2, 0.25) is 0 Å². The third-order valence-corrected chi connectivity index (χ3v) is 3.53. The van der Waals surface area contributed by atoms with Crippen LogP contribution in [-0.2, 0) is 4.79 Å². The Hall–Kier alpha value is -1.61. The smallest absolute Gasteiger partial charge is 0.300 e. The summed E-state index contributed by atoms with van der Waals surface area (Å²) in [4.78, 5) is 9.00. The zero-order chi connectivity index (χ0) is 14.4. The highest BCUT2D eigenvalue weighted by atomic mass is 79.9. The lowest BCUT2D eigenvalue weighted by molar-refractivity contribution is -0.134. The van der Waals surface area contributed by atoms with Crippen LogP contribution in [-0.4, -0.2) is 11.1 Å². The second-order valence-electron chi connectivity index (χ2n) is 4.25. The Labute approximate surface area is 122 Å². The van der Waals surface area contributed by atoms with Crippen LogP contribution in [0, 0.1) is 13.8 Å². The van der Waals surface area contributed by atoms with Crippen molar-refractivity contribution >= 4 is 21.9 Å². The third kappa shape index (κ3) is 4.52. The van der Waals surface area contributed by atoms with E-state index in [1.165, 1.54) is 26.7 Å². The van der Waals surface area contributed by atoms with Gasteiger partial charge in [0.1, 0.15) is 0 Å². The Morgan fingerprint density at radius 3 is 2.11 bits per heavy atom. The largest absolute Gasteiger partial charge is 0.481 e. The van der Waals surface area contributed by atoms with E-state index >= 15 is 0 Å². The molecule has 0 aliphatic rings. The summed E-state index contributed by atoms with van der Waals surface area (Å²) in [6.07, 6.45) is 0. The van der Waals surface area contributed by atoms with E-state index in [1.54, 1.807) is 0 Å². The molecule has 0 aliphatic heterocycles. The molecule has 0 unspecified atom stereocenters. The van der Waals surface area contributed by atoms with Gasteiger partial charge in [0, 0.05) is 11.4 Å². The van der Waals surface area contributed by atoms with E-state index in [-0.39, 0.29) is 0 Å². The second kappa shape index (κ2) is 7.10. The molecule has 2 aromatic carbocycles. The molecule has 0 spiro atoms. The van der Waals surface area contributed by atoms with Crippen LogP contribution in [0.4, 0.5) is 0 Å². The summed E-state index contributed by atoms with van der Waals surface area (Å²) in [5.41, 5.74) is 5.25. The number of aliphatic carboxylic acids is 1. The zero-order valence-corrected chi connectivity index (χ0v) is 12.9. The number of hydrogen-bond donors (Lipinski definition) is 1. The highest BCUT2D eigenvalue weighted by molar-refractivity contribution is 9.10. The topological polar surface area (TPSA) is 37.3 Å². The molecule has 2 nitrogen and oxygen atoms in total. The molecular formula is C16H17BrO2. The first-order chi connectivity index (χ1) is 8.93. The minimum absolute atomic E-state index is 0.833. The van der Waals surface area contributed by atoms with Crippen LogP contribution in [0.3, 0.4) is 0 Å². The van der Waals surface area contributed by atoms with Gasteiger partial charge in [-0.25, -0.2) is 0 Å². The van der Waals surface area contributed by atoms with Crippen molar-refractivity contribution in [2.45, 2.75) is 20.8 Å². The molecule has 2 aromatic rings. The predicted molar refractivity (Wildman–Crippen MR) is 82.4 cm³/mol. The quantitative estimate of drug-likeness (QED) is 0.817. The van der Waals surface area contributed by atoms with Crippen molar-refractivity contribution in [1.29, 1.82) is 0 Å². The van der Waals surface area contributed by atoms with Crippen LogP contribution in [0.25, 0.3) is 11.1 Å². The molecule has 0 atom stereocenters. The number of carboxylic acids is 1. The molecule has 100 valence electrons. The number of aryl methyl sites for hydroxylation is 1. The van der Waals surface area contributed by atoms with Crippen LogP contribution in [0.15, 0.2) is 46.9 Å². The average molecular weight is 321 g/mol. The Bertz CT molecular complexity index is 558. The summed E-state index contributed by atoms with van der Waals surface area (Å²) in [5, 5.41) is 7.42. The van der Waals surface area contributed by atoms with Gasteiger partial charge in [0.05, 0.1) is 0 Å². The molecule has 0 saturated heterocycles. The van der Waals surface area contributed by atoms with E-state index in [9.17, 15) is 0 Å².